The number of esters is 1. The van der Waals surface area contributed by atoms with E-state index in [0.717, 1.165) is 26.1 Å². The van der Waals surface area contributed by atoms with E-state index in [4.69, 9.17) is 4.74 Å². The molecule has 1 atom stereocenters. The number of ether oxygens (including phenoxy) is 1. The van der Waals surface area contributed by atoms with Crippen LogP contribution in [0.4, 0.5) is 0 Å². The first-order valence-electron chi connectivity index (χ1n) is 7.32. The molecule has 3 heteroatoms. The monoisotopic (exact) mass is 273 g/mol. The number of carbonyl (C=O) groups excluding carboxylic acids is 1. The molecule has 0 saturated carbocycles. The van der Waals surface area contributed by atoms with Gasteiger partial charge in [-0.05, 0) is 25.8 Å². The third-order valence-corrected chi connectivity index (χ3v) is 3.77. The topological polar surface area (TPSA) is 29.5 Å². The minimum Gasteiger partial charge on any atom is -0.466 e. The third kappa shape index (κ3) is 3.94. The molecule has 1 aromatic carbocycles. The molecule has 0 aliphatic carbocycles. The van der Waals surface area contributed by atoms with Crippen molar-refractivity contribution in [2.45, 2.75) is 26.8 Å². The first kappa shape index (κ1) is 14.8. The Hall–Kier alpha value is -1.61. The number of rotatable bonds is 5. The van der Waals surface area contributed by atoms with E-state index in [0.29, 0.717) is 6.61 Å². The molecule has 3 nitrogen and oxygen atoms in total. The van der Waals surface area contributed by atoms with E-state index < -0.39 is 0 Å². The molecule has 0 amide bonds. The number of carbonyl (C=O) groups is 1. The molecule has 2 rings (SSSR count). The quantitative estimate of drug-likeness (QED) is 0.610. The van der Waals surface area contributed by atoms with Gasteiger partial charge in [0.1, 0.15) is 0 Å². The van der Waals surface area contributed by atoms with Gasteiger partial charge in [0, 0.05) is 19.6 Å². The average Bonchev–Trinajstić information content (AvgIpc) is 2.48. The molecule has 0 N–H and O–H groups in total. The number of nitrogens with zero attached hydrogens (tertiary/aromatic N) is 1. The molecule has 1 aliphatic rings. The molecular weight excluding hydrogens is 250 g/mol. The molecule has 1 heterocycles. The SMILES string of the molecule is CCOC(=O)C(C)C1=CCN(Cc2ccccc2)CC1. The molecule has 0 fully saturated rings. The largest absolute Gasteiger partial charge is 0.466 e. The fourth-order valence-electron chi connectivity index (χ4n) is 2.52. The van der Waals surface area contributed by atoms with Gasteiger partial charge in [-0.25, -0.2) is 0 Å². The van der Waals surface area contributed by atoms with E-state index >= 15 is 0 Å². The minimum atomic E-state index is -0.103. The van der Waals surface area contributed by atoms with Gasteiger partial charge in [-0.1, -0.05) is 42.0 Å². The van der Waals surface area contributed by atoms with Crippen molar-refractivity contribution in [1.29, 1.82) is 0 Å². The van der Waals surface area contributed by atoms with Crippen molar-refractivity contribution >= 4 is 5.97 Å². The lowest BCUT2D eigenvalue weighted by atomic mass is 9.95. The van der Waals surface area contributed by atoms with Crippen LogP contribution in [-0.4, -0.2) is 30.6 Å². The van der Waals surface area contributed by atoms with Gasteiger partial charge in [0.05, 0.1) is 12.5 Å². The molecule has 0 aromatic heterocycles. The van der Waals surface area contributed by atoms with Gasteiger partial charge in [-0.15, -0.1) is 0 Å². The van der Waals surface area contributed by atoms with E-state index in [9.17, 15) is 4.79 Å². The Kier molecular flexibility index (Phi) is 5.36. The van der Waals surface area contributed by atoms with Crippen molar-refractivity contribution < 1.29 is 9.53 Å². The van der Waals surface area contributed by atoms with Crippen LogP contribution in [0.1, 0.15) is 25.8 Å². The Morgan fingerprint density at radius 2 is 2.10 bits per heavy atom. The summed E-state index contributed by atoms with van der Waals surface area (Å²) in [6, 6.07) is 10.5. The predicted molar refractivity (Wildman–Crippen MR) is 80.2 cm³/mol. The van der Waals surface area contributed by atoms with Crippen LogP contribution in [0.3, 0.4) is 0 Å². The van der Waals surface area contributed by atoms with Gasteiger partial charge < -0.3 is 4.74 Å². The van der Waals surface area contributed by atoms with Crippen LogP contribution >= 0.6 is 0 Å². The van der Waals surface area contributed by atoms with Crippen LogP contribution < -0.4 is 0 Å². The minimum absolute atomic E-state index is 0.102. The lowest BCUT2D eigenvalue weighted by Gasteiger charge is -2.28. The second-order valence-electron chi connectivity index (χ2n) is 5.22. The van der Waals surface area contributed by atoms with Crippen LogP contribution in [0.5, 0.6) is 0 Å². The van der Waals surface area contributed by atoms with Crippen molar-refractivity contribution in [3.05, 3.63) is 47.5 Å². The molecular formula is C17H23NO2. The highest BCUT2D eigenvalue weighted by atomic mass is 16.5. The Morgan fingerprint density at radius 3 is 2.70 bits per heavy atom. The van der Waals surface area contributed by atoms with E-state index in [2.05, 4.69) is 35.2 Å². The molecule has 0 radical (unpaired) electrons. The summed E-state index contributed by atoms with van der Waals surface area (Å²) >= 11 is 0. The highest BCUT2D eigenvalue weighted by molar-refractivity contribution is 5.75. The molecule has 108 valence electrons. The zero-order chi connectivity index (χ0) is 14.4. The molecule has 1 aromatic rings. The van der Waals surface area contributed by atoms with Crippen molar-refractivity contribution in [1.82, 2.24) is 4.90 Å². The summed E-state index contributed by atoms with van der Waals surface area (Å²) in [5.41, 5.74) is 2.55. The zero-order valence-corrected chi connectivity index (χ0v) is 12.3. The van der Waals surface area contributed by atoms with E-state index in [1.54, 1.807) is 0 Å². The number of hydrogen-bond donors (Lipinski definition) is 0. The summed E-state index contributed by atoms with van der Waals surface area (Å²) in [6.07, 6.45) is 3.14. The highest BCUT2D eigenvalue weighted by Gasteiger charge is 2.22. The Balaban J connectivity index is 1.88. The van der Waals surface area contributed by atoms with Crippen molar-refractivity contribution in [2.24, 2.45) is 5.92 Å². The molecule has 0 saturated heterocycles. The van der Waals surface area contributed by atoms with E-state index in [1.165, 1.54) is 11.1 Å². The van der Waals surface area contributed by atoms with Gasteiger partial charge in [-0.2, -0.15) is 0 Å². The van der Waals surface area contributed by atoms with Crippen molar-refractivity contribution in [2.75, 3.05) is 19.7 Å². The normalized spacial score (nSPS) is 17.4. The predicted octanol–water partition coefficient (Wildman–Crippen LogP) is 3.02. The van der Waals surface area contributed by atoms with E-state index in [1.807, 2.05) is 19.9 Å². The first-order chi connectivity index (χ1) is 9.70. The van der Waals surface area contributed by atoms with Crippen LogP contribution in [0.15, 0.2) is 42.0 Å². The lowest BCUT2D eigenvalue weighted by molar-refractivity contribution is -0.146. The van der Waals surface area contributed by atoms with Crippen LogP contribution in [0.2, 0.25) is 0 Å². The summed E-state index contributed by atoms with van der Waals surface area (Å²) in [4.78, 5) is 14.1. The highest BCUT2D eigenvalue weighted by Crippen LogP contribution is 2.21. The van der Waals surface area contributed by atoms with Crippen molar-refractivity contribution in [3.8, 4) is 0 Å². The number of benzene rings is 1. The van der Waals surface area contributed by atoms with Crippen LogP contribution in [0, 0.1) is 5.92 Å². The van der Waals surface area contributed by atoms with E-state index in [-0.39, 0.29) is 11.9 Å². The molecule has 20 heavy (non-hydrogen) atoms. The van der Waals surface area contributed by atoms with Gasteiger partial charge >= 0.3 is 5.97 Å². The first-order valence-corrected chi connectivity index (χ1v) is 7.32. The molecule has 1 aliphatic heterocycles. The maximum Gasteiger partial charge on any atom is 0.312 e. The van der Waals surface area contributed by atoms with Gasteiger partial charge in [0.15, 0.2) is 0 Å². The maximum absolute atomic E-state index is 11.7. The summed E-state index contributed by atoms with van der Waals surface area (Å²) in [6.45, 7) is 7.13. The smallest absolute Gasteiger partial charge is 0.312 e. The Bertz CT molecular complexity index is 467. The zero-order valence-electron chi connectivity index (χ0n) is 12.3. The second-order valence-corrected chi connectivity index (χ2v) is 5.22. The fourth-order valence-corrected chi connectivity index (χ4v) is 2.52. The summed E-state index contributed by atoms with van der Waals surface area (Å²) in [7, 11) is 0. The van der Waals surface area contributed by atoms with Crippen molar-refractivity contribution in [3.63, 3.8) is 0 Å². The third-order valence-electron chi connectivity index (χ3n) is 3.77. The second kappa shape index (κ2) is 7.25. The average molecular weight is 273 g/mol. The van der Waals surface area contributed by atoms with Crippen LogP contribution in [0.25, 0.3) is 0 Å². The van der Waals surface area contributed by atoms with Crippen LogP contribution in [-0.2, 0) is 16.1 Å². The standard InChI is InChI=1S/C17H23NO2/c1-3-20-17(19)14(2)16-9-11-18(12-10-16)13-15-7-5-4-6-8-15/h4-9,14H,3,10-13H2,1-2H3. The summed E-state index contributed by atoms with van der Waals surface area (Å²) < 4.78 is 5.09. The lowest BCUT2D eigenvalue weighted by Crippen LogP contribution is -2.31. The molecule has 1 unspecified atom stereocenters. The Morgan fingerprint density at radius 1 is 1.35 bits per heavy atom. The van der Waals surface area contributed by atoms with Gasteiger partial charge in [0.25, 0.3) is 0 Å². The summed E-state index contributed by atoms with van der Waals surface area (Å²) in [5.74, 6) is -0.205. The van der Waals surface area contributed by atoms with Gasteiger partial charge in [-0.3, -0.25) is 9.69 Å². The fraction of sp³-hybridized carbons (Fsp3) is 0.471. The maximum atomic E-state index is 11.7. The van der Waals surface area contributed by atoms with Gasteiger partial charge in [0.2, 0.25) is 0 Å². The summed E-state index contributed by atoms with van der Waals surface area (Å²) in [5, 5.41) is 0. The molecule has 0 bridgehead atoms. The Labute approximate surface area is 121 Å². The number of hydrogen-bond acceptors (Lipinski definition) is 3. The molecule has 0 spiro atoms.